The number of hydrogen-bond acceptors (Lipinski definition) is 4. The molecule has 0 aromatic heterocycles. The fraction of sp³-hybridized carbons (Fsp3) is 0.0625. The van der Waals surface area contributed by atoms with E-state index in [1.54, 1.807) is 48.7 Å². The average molecular weight is 539 g/mol. The van der Waals surface area contributed by atoms with Gasteiger partial charge in [0.15, 0.2) is 0 Å². The molecule has 0 bridgehead atoms. The summed E-state index contributed by atoms with van der Waals surface area (Å²) in [4.78, 5) is 12.7. The Bertz CT molecular complexity index is 1620. The van der Waals surface area contributed by atoms with E-state index in [-0.39, 0.29) is 18.3 Å². The molecule has 5 aromatic rings. The van der Waals surface area contributed by atoms with Crippen LogP contribution in [-0.2, 0) is 13.2 Å². The first-order chi connectivity index (χ1) is 19.1. The summed E-state index contributed by atoms with van der Waals surface area (Å²) in [6.07, 6.45) is 1.54. The van der Waals surface area contributed by atoms with Crippen molar-refractivity contribution in [3.8, 4) is 11.5 Å². The van der Waals surface area contributed by atoms with Crippen LogP contribution in [0.25, 0.3) is 10.8 Å². The van der Waals surface area contributed by atoms with Gasteiger partial charge in [-0.05, 0) is 64.9 Å². The third-order valence-corrected chi connectivity index (χ3v) is 6.32. The number of rotatable bonds is 9. The Kier molecular flexibility index (Phi) is 8.15. The topological polar surface area (TPSA) is 59.9 Å². The first-order valence-corrected chi connectivity index (χ1v) is 12.6. The van der Waals surface area contributed by atoms with Crippen molar-refractivity contribution in [2.75, 3.05) is 0 Å². The molecular formula is C32H24ClFN2O3. The molecule has 0 aliphatic rings. The Balaban J connectivity index is 1.26. The normalized spacial score (nSPS) is 11.0. The molecule has 194 valence electrons. The highest BCUT2D eigenvalue weighted by Crippen LogP contribution is 2.27. The van der Waals surface area contributed by atoms with E-state index in [0.717, 1.165) is 16.3 Å². The first-order valence-electron chi connectivity index (χ1n) is 12.3. The summed E-state index contributed by atoms with van der Waals surface area (Å²) in [5.74, 6) is 0.460. The minimum Gasteiger partial charge on any atom is -0.489 e. The van der Waals surface area contributed by atoms with Crippen LogP contribution in [0.1, 0.15) is 27.0 Å². The van der Waals surface area contributed by atoms with Gasteiger partial charge in [-0.3, -0.25) is 4.79 Å². The van der Waals surface area contributed by atoms with E-state index in [1.165, 1.54) is 6.07 Å². The van der Waals surface area contributed by atoms with Gasteiger partial charge in [0.1, 0.15) is 30.5 Å². The summed E-state index contributed by atoms with van der Waals surface area (Å²) in [5, 5.41) is 6.73. The van der Waals surface area contributed by atoms with E-state index in [9.17, 15) is 9.18 Å². The predicted octanol–water partition coefficient (Wildman–Crippen LogP) is 7.55. The lowest BCUT2D eigenvalue weighted by Crippen LogP contribution is -2.17. The number of hydrogen-bond donors (Lipinski definition) is 1. The minimum atomic E-state index is -0.371. The van der Waals surface area contributed by atoms with Gasteiger partial charge >= 0.3 is 0 Å². The number of carbonyl (C=O) groups excluding carboxylic acids is 1. The zero-order valence-corrected chi connectivity index (χ0v) is 21.6. The van der Waals surface area contributed by atoms with E-state index < -0.39 is 0 Å². The molecule has 39 heavy (non-hydrogen) atoms. The average Bonchev–Trinajstić information content (AvgIpc) is 2.97. The van der Waals surface area contributed by atoms with Gasteiger partial charge in [0.05, 0.1) is 6.21 Å². The van der Waals surface area contributed by atoms with Gasteiger partial charge in [-0.1, -0.05) is 72.3 Å². The lowest BCUT2D eigenvalue weighted by atomic mass is 10.0. The number of amides is 1. The number of hydrazone groups is 1. The van der Waals surface area contributed by atoms with Gasteiger partial charge in [0.2, 0.25) is 0 Å². The second kappa shape index (κ2) is 12.2. The molecule has 0 heterocycles. The quantitative estimate of drug-likeness (QED) is 0.156. The van der Waals surface area contributed by atoms with E-state index in [1.807, 2.05) is 60.7 Å². The summed E-state index contributed by atoms with van der Waals surface area (Å²) in [5.41, 5.74) is 5.11. The van der Waals surface area contributed by atoms with Crippen LogP contribution in [0.3, 0.4) is 0 Å². The molecule has 0 spiro atoms. The molecule has 7 heteroatoms. The number of halogens is 2. The maximum absolute atomic E-state index is 14.1. The SMILES string of the molecule is O=C(N/N=C\c1c(OCc2ccccc2F)ccc2ccccc12)c1ccc(OCc2ccc(Cl)cc2)cc1. The summed E-state index contributed by atoms with van der Waals surface area (Å²) in [6.45, 7) is 0.448. The van der Waals surface area contributed by atoms with Crippen molar-refractivity contribution in [3.63, 3.8) is 0 Å². The Morgan fingerprint density at radius 3 is 2.36 bits per heavy atom. The fourth-order valence-electron chi connectivity index (χ4n) is 3.98. The molecule has 0 saturated carbocycles. The molecule has 0 aliphatic carbocycles. The number of fused-ring (bicyclic) bond motifs is 1. The largest absolute Gasteiger partial charge is 0.489 e. The van der Waals surface area contributed by atoms with Crippen LogP contribution in [0.15, 0.2) is 114 Å². The van der Waals surface area contributed by atoms with Gasteiger partial charge in [-0.15, -0.1) is 0 Å². The van der Waals surface area contributed by atoms with Crippen LogP contribution < -0.4 is 14.9 Å². The number of carbonyl (C=O) groups is 1. The third-order valence-electron chi connectivity index (χ3n) is 6.07. The lowest BCUT2D eigenvalue weighted by molar-refractivity contribution is 0.0955. The van der Waals surface area contributed by atoms with Crippen LogP contribution in [0.2, 0.25) is 5.02 Å². The van der Waals surface area contributed by atoms with Crippen LogP contribution >= 0.6 is 11.6 Å². The van der Waals surface area contributed by atoms with Gasteiger partial charge < -0.3 is 9.47 Å². The van der Waals surface area contributed by atoms with Crippen molar-refractivity contribution in [2.24, 2.45) is 5.10 Å². The van der Waals surface area contributed by atoms with Crippen molar-refractivity contribution in [1.82, 2.24) is 5.43 Å². The molecule has 0 saturated heterocycles. The van der Waals surface area contributed by atoms with Crippen LogP contribution in [0.5, 0.6) is 11.5 Å². The highest BCUT2D eigenvalue weighted by Gasteiger charge is 2.10. The maximum atomic E-state index is 14.1. The Morgan fingerprint density at radius 1 is 0.821 bits per heavy atom. The number of nitrogens with one attached hydrogen (secondary N) is 1. The highest BCUT2D eigenvalue weighted by molar-refractivity contribution is 6.30. The Labute approximate surface area is 230 Å². The molecular weight excluding hydrogens is 515 g/mol. The van der Waals surface area contributed by atoms with E-state index in [0.29, 0.717) is 39.8 Å². The fourth-order valence-corrected chi connectivity index (χ4v) is 4.10. The molecule has 1 N–H and O–H groups in total. The molecule has 0 aliphatic heterocycles. The van der Waals surface area contributed by atoms with Crippen LogP contribution in [0.4, 0.5) is 4.39 Å². The third kappa shape index (κ3) is 6.61. The summed E-state index contributed by atoms with van der Waals surface area (Å²) in [7, 11) is 0. The first kappa shape index (κ1) is 25.9. The number of ether oxygens (including phenoxy) is 2. The zero-order valence-electron chi connectivity index (χ0n) is 20.8. The molecule has 5 rings (SSSR count). The van der Waals surface area contributed by atoms with E-state index in [4.69, 9.17) is 21.1 Å². The second-order valence-electron chi connectivity index (χ2n) is 8.72. The molecule has 5 nitrogen and oxygen atoms in total. The van der Waals surface area contributed by atoms with Crippen molar-refractivity contribution in [3.05, 3.63) is 142 Å². The van der Waals surface area contributed by atoms with E-state index >= 15 is 0 Å². The molecule has 5 aromatic carbocycles. The maximum Gasteiger partial charge on any atom is 0.271 e. The van der Waals surface area contributed by atoms with Gasteiger partial charge in [0, 0.05) is 21.7 Å². The van der Waals surface area contributed by atoms with Gasteiger partial charge in [-0.25, -0.2) is 9.82 Å². The van der Waals surface area contributed by atoms with Gasteiger partial charge in [-0.2, -0.15) is 5.10 Å². The number of benzene rings is 5. The predicted molar refractivity (Wildman–Crippen MR) is 152 cm³/mol. The molecule has 0 unspecified atom stereocenters. The van der Waals surface area contributed by atoms with Crippen molar-refractivity contribution >= 4 is 34.5 Å². The minimum absolute atomic E-state index is 0.0602. The smallest absolute Gasteiger partial charge is 0.271 e. The van der Waals surface area contributed by atoms with Crippen molar-refractivity contribution < 1.29 is 18.7 Å². The van der Waals surface area contributed by atoms with Crippen LogP contribution in [-0.4, -0.2) is 12.1 Å². The summed E-state index contributed by atoms with van der Waals surface area (Å²) >= 11 is 5.92. The van der Waals surface area contributed by atoms with Crippen LogP contribution in [0, 0.1) is 5.82 Å². The summed E-state index contributed by atoms with van der Waals surface area (Å²) in [6, 6.07) is 32.2. The molecule has 1 amide bonds. The highest BCUT2D eigenvalue weighted by atomic mass is 35.5. The van der Waals surface area contributed by atoms with Crippen molar-refractivity contribution in [2.45, 2.75) is 13.2 Å². The van der Waals surface area contributed by atoms with Crippen molar-refractivity contribution in [1.29, 1.82) is 0 Å². The summed E-state index contributed by atoms with van der Waals surface area (Å²) < 4.78 is 25.8. The van der Waals surface area contributed by atoms with Gasteiger partial charge in [0.25, 0.3) is 5.91 Å². The molecule has 0 atom stereocenters. The Hall–Kier alpha value is -4.68. The monoisotopic (exact) mass is 538 g/mol. The lowest BCUT2D eigenvalue weighted by Gasteiger charge is -2.12. The Morgan fingerprint density at radius 2 is 1.56 bits per heavy atom. The number of nitrogens with zero attached hydrogens (tertiary/aromatic N) is 1. The second-order valence-corrected chi connectivity index (χ2v) is 9.15. The molecule has 0 radical (unpaired) electrons. The van der Waals surface area contributed by atoms with E-state index in [2.05, 4.69) is 10.5 Å². The standard InChI is InChI=1S/C32H24ClFN2O3/c33-26-14-9-22(10-15-26)20-38-27-16-11-24(12-17-27)32(37)36-35-19-29-28-7-3-1-5-23(28)13-18-31(29)39-21-25-6-2-4-8-30(25)34/h1-19H,20-21H2,(H,36,37)/b35-19-. The zero-order chi connectivity index (χ0) is 27.0. The molecule has 0 fully saturated rings.